The van der Waals surface area contributed by atoms with Crippen molar-refractivity contribution in [3.8, 4) is 5.75 Å². The number of rotatable bonds is 6. The average Bonchev–Trinajstić information content (AvgIpc) is 2.53. The van der Waals surface area contributed by atoms with Gasteiger partial charge < -0.3 is 4.74 Å². The van der Waals surface area contributed by atoms with Crippen LogP contribution in [0.4, 0.5) is 0 Å². The molecule has 5 nitrogen and oxygen atoms in total. The van der Waals surface area contributed by atoms with Crippen LogP contribution in [0.3, 0.4) is 0 Å². The summed E-state index contributed by atoms with van der Waals surface area (Å²) < 4.78 is 32.2. The first-order valence-electron chi connectivity index (χ1n) is 6.66. The zero-order valence-electron chi connectivity index (χ0n) is 12.4. The Morgan fingerprint density at radius 1 is 1.14 bits per heavy atom. The Balaban J connectivity index is 2.17. The number of methoxy groups -OCH3 is 1. The number of benzene rings is 2. The van der Waals surface area contributed by atoms with Crippen LogP contribution < -0.4 is 9.46 Å². The molecule has 2 rings (SSSR count). The zero-order chi connectivity index (χ0) is 16.2. The zero-order valence-corrected chi connectivity index (χ0v) is 13.2. The maximum Gasteiger partial charge on any atom is 0.240 e. The molecule has 0 amide bonds. The van der Waals surface area contributed by atoms with Gasteiger partial charge in [0.05, 0.1) is 12.0 Å². The Morgan fingerprint density at radius 2 is 1.86 bits per heavy atom. The van der Waals surface area contributed by atoms with Gasteiger partial charge >= 0.3 is 0 Å². The third-order valence-corrected chi connectivity index (χ3v) is 4.55. The van der Waals surface area contributed by atoms with Crippen molar-refractivity contribution in [2.24, 2.45) is 0 Å². The van der Waals surface area contributed by atoms with Gasteiger partial charge in [-0.05, 0) is 36.8 Å². The molecule has 0 unspecified atom stereocenters. The minimum absolute atomic E-state index is 0.0723. The largest absolute Gasteiger partial charge is 0.497 e. The minimum Gasteiger partial charge on any atom is -0.497 e. The molecule has 0 fully saturated rings. The Hall–Kier alpha value is -2.18. The van der Waals surface area contributed by atoms with Gasteiger partial charge in [0, 0.05) is 12.1 Å². The molecule has 2 aromatic carbocycles. The first-order chi connectivity index (χ1) is 10.4. The van der Waals surface area contributed by atoms with Gasteiger partial charge in [0.2, 0.25) is 10.0 Å². The summed E-state index contributed by atoms with van der Waals surface area (Å²) in [4.78, 5) is 11.4. The molecule has 116 valence electrons. The number of carbonyl (C=O) groups excluding carboxylic acids is 1. The van der Waals surface area contributed by atoms with E-state index < -0.39 is 10.0 Å². The maximum atomic E-state index is 12.3. The van der Waals surface area contributed by atoms with E-state index in [9.17, 15) is 13.2 Å². The van der Waals surface area contributed by atoms with Crippen LogP contribution >= 0.6 is 0 Å². The summed E-state index contributed by atoms with van der Waals surface area (Å²) in [5, 5.41) is 0. The molecule has 0 saturated heterocycles. The van der Waals surface area contributed by atoms with Crippen LogP contribution in [-0.4, -0.2) is 21.3 Å². The van der Waals surface area contributed by atoms with Gasteiger partial charge in [-0.15, -0.1) is 0 Å². The number of hydrogen-bond donors (Lipinski definition) is 1. The summed E-state index contributed by atoms with van der Waals surface area (Å²) in [6.07, 6.45) is 0. The van der Waals surface area contributed by atoms with E-state index in [1.54, 1.807) is 43.5 Å². The molecule has 0 aliphatic rings. The molecule has 0 aliphatic heterocycles. The number of ketones is 1. The molecule has 22 heavy (non-hydrogen) atoms. The third kappa shape index (κ3) is 3.93. The molecule has 2 aromatic rings. The normalized spacial score (nSPS) is 11.2. The summed E-state index contributed by atoms with van der Waals surface area (Å²) in [6.45, 7) is 1.54. The predicted octanol–water partition coefficient (Wildman–Crippen LogP) is 2.38. The summed E-state index contributed by atoms with van der Waals surface area (Å²) >= 11 is 0. The van der Waals surface area contributed by atoms with Crippen LogP contribution in [0, 0.1) is 0 Å². The van der Waals surface area contributed by atoms with E-state index in [-0.39, 0.29) is 17.2 Å². The fraction of sp³-hybridized carbons (Fsp3) is 0.188. The van der Waals surface area contributed by atoms with Crippen LogP contribution in [0.25, 0.3) is 0 Å². The number of carbonyl (C=O) groups is 1. The highest BCUT2D eigenvalue weighted by Gasteiger charge is 2.15. The monoisotopic (exact) mass is 319 g/mol. The molecule has 0 spiro atoms. The molecule has 0 bridgehead atoms. The third-order valence-electron chi connectivity index (χ3n) is 3.15. The number of ether oxygens (including phenoxy) is 1. The molecule has 0 atom stereocenters. The second kappa shape index (κ2) is 6.72. The van der Waals surface area contributed by atoms with E-state index in [2.05, 4.69) is 4.72 Å². The maximum absolute atomic E-state index is 12.3. The Kier molecular flexibility index (Phi) is 4.95. The van der Waals surface area contributed by atoms with Gasteiger partial charge in [-0.25, -0.2) is 13.1 Å². The van der Waals surface area contributed by atoms with Crippen molar-refractivity contribution >= 4 is 15.8 Å². The van der Waals surface area contributed by atoms with Crippen molar-refractivity contribution in [3.63, 3.8) is 0 Å². The van der Waals surface area contributed by atoms with E-state index in [0.717, 1.165) is 5.56 Å². The molecule has 0 aromatic heterocycles. The van der Waals surface area contributed by atoms with Crippen molar-refractivity contribution in [1.82, 2.24) is 4.72 Å². The number of hydrogen-bond acceptors (Lipinski definition) is 4. The number of Topliss-reactive ketones (excluding diaryl/α,β-unsaturated/α-hetero) is 1. The molecule has 0 radical (unpaired) electrons. The quantitative estimate of drug-likeness (QED) is 0.830. The predicted molar refractivity (Wildman–Crippen MR) is 83.5 cm³/mol. The van der Waals surface area contributed by atoms with E-state index in [1.807, 2.05) is 0 Å². The molecule has 0 saturated carbocycles. The van der Waals surface area contributed by atoms with E-state index >= 15 is 0 Å². The number of nitrogens with one attached hydrogen (secondary N) is 1. The van der Waals surface area contributed by atoms with Crippen LogP contribution in [0.15, 0.2) is 53.4 Å². The lowest BCUT2D eigenvalue weighted by Gasteiger charge is -2.08. The van der Waals surface area contributed by atoms with E-state index in [0.29, 0.717) is 11.3 Å². The average molecular weight is 319 g/mol. The topological polar surface area (TPSA) is 72.5 Å². The summed E-state index contributed by atoms with van der Waals surface area (Å²) in [5.74, 6) is 0.486. The van der Waals surface area contributed by atoms with Gasteiger partial charge in [-0.1, -0.05) is 24.3 Å². The van der Waals surface area contributed by atoms with E-state index in [4.69, 9.17) is 4.74 Å². The molecule has 0 aliphatic carbocycles. The van der Waals surface area contributed by atoms with Crippen molar-refractivity contribution in [1.29, 1.82) is 0 Å². The molecule has 0 heterocycles. The number of sulfonamides is 1. The molecular formula is C16H17NO4S. The highest BCUT2D eigenvalue weighted by molar-refractivity contribution is 7.89. The lowest BCUT2D eigenvalue weighted by molar-refractivity contribution is 0.101. The van der Waals surface area contributed by atoms with Crippen molar-refractivity contribution in [3.05, 3.63) is 59.7 Å². The van der Waals surface area contributed by atoms with E-state index in [1.165, 1.54) is 19.1 Å². The molecule has 6 heteroatoms. The molecule has 1 N–H and O–H groups in total. The summed E-state index contributed by atoms with van der Waals surface area (Å²) in [7, 11) is -2.12. The minimum atomic E-state index is -3.68. The van der Waals surface area contributed by atoms with Crippen LogP contribution in [0.5, 0.6) is 5.75 Å². The Morgan fingerprint density at radius 3 is 2.55 bits per heavy atom. The SMILES string of the molecule is COc1cccc(CNS(=O)(=O)c2cccc(C(C)=O)c2)c1. The summed E-state index contributed by atoms with van der Waals surface area (Å²) in [6, 6.07) is 13.1. The van der Waals surface area contributed by atoms with Crippen molar-refractivity contribution in [2.75, 3.05) is 7.11 Å². The second-order valence-electron chi connectivity index (χ2n) is 4.76. The smallest absolute Gasteiger partial charge is 0.240 e. The Bertz CT molecular complexity index is 784. The molecular weight excluding hydrogens is 302 g/mol. The standard InChI is InChI=1S/C16H17NO4S/c1-12(18)14-6-4-8-16(10-14)22(19,20)17-11-13-5-3-7-15(9-13)21-2/h3-10,17H,11H2,1-2H3. The highest BCUT2D eigenvalue weighted by atomic mass is 32.2. The lowest BCUT2D eigenvalue weighted by Crippen LogP contribution is -2.23. The fourth-order valence-corrected chi connectivity index (χ4v) is 2.99. The van der Waals surface area contributed by atoms with Crippen molar-refractivity contribution < 1.29 is 17.9 Å². The van der Waals surface area contributed by atoms with Gasteiger partial charge in [0.15, 0.2) is 5.78 Å². The second-order valence-corrected chi connectivity index (χ2v) is 6.53. The van der Waals surface area contributed by atoms with Gasteiger partial charge in [0.1, 0.15) is 5.75 Å². The van der Waals surface area contributed by atoms with Crippen LogP contribution in [0.1, 0.15) is 22.8 Å². The summed E-state index contributed by atoms with van der Waals surface area (Å²) in [5.41, 5.74) is 1.15. The van der Waals surface area contributed by atoms with Crippen LogP contribution in [-0.2, 0) is 16.6 Å². The Labute approximate surface area is 130 Å². The first kappa shape index (κ1) is 16.2. The lowest BCUT2D eigenvalue weighted by atomic mass is 10.2. The van der Waals surface area contributed by atoms with Gasteiger partial charge in [0.25, 0.3) is 0 Å². The van der Waals surface area contributed by atoms with Crippen LogP contribution in [0.2, 0.25) is 0 Å². The fourth-order valence-electron chi connectivity index (χ4n) is 1.93. The van der Waals surface area contributed by atoms with Gasteiger partial charge in [-0.2, -0.15) is 0 Å². The first-order valence-corrected chi connectivity index (χ1v) is 8.14. The highest BCUT2D eigenvalue weighted by Crippen LogP contribution is 2.15. The van der Waals surface area contributed by atoms with Gasteiger partial charge in [-0.3, -0.25) is 4.79 Å². The van der Waals surface area contributed by atoms with Crippen molar-refractivity contribution in [2.45, 2.75) is 18.4 Å².